The molecule has 0 aliphatic carbocycles. The molecule has 94 valence electrons. The fraction of sp³-hybridized carbons (Fsp3) is 0.818. The molecule has 0 aromatic heterocycles. The van der Waals surface area contributed by atoms with E-state index in [0.29, 0.717) is 13.1 Å². The maximum atomic E-state index is 11.8. The van der Waals surface area contributed by atoms with Crippen molar-refractivity contribution in [2.75, 3.05) is 19.7 Å². The molecule has 0 aromatic rings. The summed E-state index contributed by atoms with van der Waals surface area (Å²) in [5, 5.41) is 0. The van der Waals surface area contributed by atoms with Crippen molar-refractivity contribution in [3.8, 4) is 0 Å². The van der Waals surface area contributed by atoms with Gasteiger partial charge in [-0.1, -0.05) is 13.8 Å². The molecule has 0 aliphatic heterocycles. The fourth-order valence-electron chi connectivity index (χ4n) is 1.40. The Bertz CT molecular complexity index is 225. The molecule has 0 fully saturated rings. The van der Waals surface area contributed by atoms with E-state index in [2.05, 4.69) is 0 Å². The van der Waals surface area contributed by atoms with Gasteiger partial charge in [0.05, 0.1) is 6.61 Å². The summed E-state index contributed by atoms with van der Waals surface area (Å²) in [5.74, 6) is -0.994. The molecule has 1 atom stereocenters. The molecule has 0 saturated heterocycles. The van der Waals surface area contributed by atoms with Crippen LogP contribution in [0.1, 0.15) is 33.6 Å². The predicted molar refractivity (Wildman–Crippen MR) is 61.8 cm³/mol. The van der Waals surface area contributed by atoms with Crippen LogP contribution in [0.25, 0.3) is 0 Å². The monoisotopic (exact) mass is 230 g/mol. The lowest BCUT2D eigenvalue weighted by molar-refractivity contribution is -0.150. The van der Waals surface area contributed by atoms with Gasteiger partial charge in [-0.25, -0.2) is 4.79 Å². The lowest BCUT2D eigenvalue weighted by Gasteiger charge is -2.23. The third-order valence-electron chi connectivity index (χ3n) is 2.11. The zero-order valence-corrected chi connectivity index (χ0v) is 10.4. The van der Waals surface area contributed by atoms with Gasteiger partial charge >= 0.3 is 5.97 Å². The molecule has 16 heavy (non-hydrogen) atoms. The minimum Gasteiger partial charge on any atom is -0.464 e. The summed E-state index contributed by atoms with van der Waals surface area (Å²) in [4.78, 5) is 24.8. The van der Waals surface area contributed by atoms with Crippen LogP contribution in [0.3, 0.4) is 0 Å². The maximum Gasteiger partial charge on any atom is 0.332 e. The average Bonchev–Trinajstić information content (AvgIpc) is 2.27. The van der Waals surface area contributed by atoms with Gasteiger partial charge < -0.3 is 15.4 Å². The summed E-state index contributed by atoms with van der Waals surface area (Å²) in [6, 6.07) is -1.18. The molecular formula is C11H22N2O3. The van der Waals surface area contributed by atoms with Crippen LogP contribution in [0.2, 0.25) is 0 Å². The van der Waals surface area contributed by atoms with Crippen molar-refractivity contribution >= 4 is 11.9 Å². The Labute approximate surface area is 96.9 Å². The number of nitrogens with two attached hydrogens (primary N) is 1. The minimum atomic E-state index is -1.18. The first-order valence-corrected chi connectivity index (χ1v) is 5.79. The van der Waals surface area contributed by atoms with Crippen molar-refractivity contribution in [3.63, 3.8) is 0 Å². The number of rotatable bonds is 7. The summed E-state index contributed by atoms with van der Waals surface area (Å²) >= 11 is 0. The molecule has 0 aromatic carbocycles. The quantitative estimate of drug-likeness (QED) is 0.511. The van der Waals surface area contributed by atoms with Crippen LogP contribution in [0.15, 0.2) is 0 Å². The Morgan fingerprint density at radius 1 is 1.19 bits per heavy atom. The molecule has 5 heteroatoms. The lowest BCUT2D eigenvalue weighted by Crippen LogP contribution is -2.49. The first-order valence-electron chi connectivity index (χ1n) is 5.79. The van der Waals surface area contributed by atoms with E-state index in [-0.39, 0.29) is 12.5 Å². The van der Waals surface area contributed by atoms with Crippen LogP contribution in [-0.4, -0.2) is 42.5 Å². The van der Waals surface area contributed by atoms with Crippen LogP contribution >= 0.6 is 0 Å². The molecule has 0 spiro atoms. The van der Waals surface area contributed by atoms with Crippen molar-refractivity contribution in [2.45, 2.75) is 39.7 Å². The third-order valence-corrected chi connectivity index (χ3v) is 2.11. The first kappa shape index (κ1) is 14.9. The summed E-state index contributed by atoms with van der Waals surface area (Å²) in [6.45, 7) is 7.13. The number of ether oxygens (including phenoxy) is 1. The van der Waals surface area contributed by atoms with E-state index in [1.807, 2.05) is 13.8 Å². The molecule has 1 unspecified atom stereocenters. The highest BCUT2D eigenvalue weighted by Gasteiger charge is 2.27. The van der Waals surface area contributed by atoms with Gasteiger partial charge in [-0.2, -0.15) is 0 Å². The van der Waals surface area contributed by atoms with E-state index in [4.69, 9.17) is 10.5 Å². The van der Waals surface area contributed by atoms with Crippen molar-refractivity contribution in [1.82, 2.24) is 4.90 Å². The number of amides is 1. The number of carbonyl (C=O) groups excluding carboxylic acids is 2. The van der Waals surface area contributed by atoms with E-state index in [0.717, 1.165) is 12.8 Å². The standard InChI is InChI=1S/C11H22N2O3/c1-4-7-13(8-5-2)10(14)9(12)11(15)16-6-3/h9H,4-8,12H2,1-3H3. The summed E-state index contributed by atoms with van der Waals surface area (Å²) in [5.41, 5.74) is 5.54. The topological polar surface area (TPSA) is 72.6 Å². The highest BCUT2D eigenvalue weighted by atomic mass is 16.5. The fourth-order valence-corrected chi connectivity index (χ4v) is 1.40. The SMILES string of the molecule is CCCN(CCC)C(=O)C(N)C(=O)OCC. The van der Waals surface area contributed by atoms with Crippen LogP contribution in [0.4, 0.5) is 0 Å². The number of hydrogen-bond acceptors (Lipinski definition) is 4. The van der Waals surface area contributed by atoms with Crippen molar-refractivity contribution in [1.29, 1.82) is 0 Å². The van der Waals surface area contributed by atoms with Crippen LogP contribution in [0, 0.1) is 0 Å². The van der Waals surface area contributed by atoms with Crippen molar-refractivity contribution in [3.05, 3.63) is 0 Å². The van der Waals surface area contributed by atoms with Gasteiger partial charge in [0.15, 0.2) is 6.04 Å². The van der Waals surface area contributed by atoms with Gasteiger partial charge in [0.25, 0.3) is 5.91 Å². The molecule has 0 rings (SSSR count). The molecule has 0 aliphatic rings. The smallest absolute Gasteiger partial charge is 0.332 e. The molecule has 2 N–H and O–H groups in total. The number of esters is 1. The first-order chi connectivity index (χ1) is 7.58. The second-order valence-electron chi connectivity index (χ2n) is 3.56. The highest BCUT2D eigenvalue weighted by molar-refractivity contribution is 6.01. The molecule has 0 heterocycles. The summed E-state index contributed by atoms with van der Waals surface area (Å²) in [6.07, 6.45) is 1.70. The van der Waals surface area contributed by atoms with Crippen molar-refractivity contribution < 1.29 is 14.3 Å². The molecular weight excluding hydrogens is 208 g/mol. The Balaban J connectivity index is 4.40. The maximum absolute atomic E-state index is 11.8. The Morgan fingerprint density at radius 2 is 1.69 bits per heavy atom. The number of carbonyl (C=O) groups is 2. The largest absolute Gasteiger partial charge is 0.464 e. The van der Waals surface area contributed by atoms with E-state index >= 15 is 0 Å². The van der Waals surface area contributed by atoms with Crippen molar-refractivity contribution in [2.24, 2.45) is 5.73 Å². The van der Waals surface area contributed by atoms with Crippen LogP contribution in [0.5, 0.6) is 0 Å². The summed E-state index contributed by atoms with van der Waals surface area (Å²) in [7, 11) is 0. The Kier molecular flexibility index (Phi) is 7.54. The van der Waals surface area contributed by atoms with Gasteiger partial charge in [-0.3, -0.25) is 4.79 Å². The van der Waals surface area contributed by atoms with Gasteiger partial charge in [-0.15, -0.1) is 0 Å². The average molecular weight is 230 g/mol. The van der Waals surface area contributed by atoms with E-state index in [1.54, 1.807) is 11.8 Å². The van der Waals surface area contributed by atoms with E-state index in [9.17, 15) is 9.59 Å². The van der Waals surface area contributed by atoms with Gasteiger partial charge in [0.1, 0.15) is 0 Å². The minimum absolute atomic E-state index is 0.237. The van der Waals surface area contributed by atoms with Gasteiger partial charge in [0.2, 0.25) is 0 Å². The molecule has 5 nitrogen and oxygen atoms in total. The van der Waals surface area contributed by atoms with E-state index in [1.165, 1.54) is 0 Å². The Morgan fingerprint density at radius 3 is 2.06 bits per heavy atom. The van der Waals surface area contributed by atoms with Crippen LogP contribution < -0.4 is 5.73 Å². The molecule has 0 bridgehead atoms. The van der Waals surface area contributed by atoms with Crippen LogP contribution in [-0.2, 0) is 14.3 Å². The molecule has 0 saturated carbocycles. The number of hydrogen-bond donors (Lipinski definition) is 1. The highest BCUT2D eigenvalue weighted by Crippen LogP contribution is 1.99. The second-order valence-corrected chi connectivity index (χ2v) is 3.56. The predicted octanol–water partition coefficient (Wildman–Crippen LogP) is 0.525. The second kappa shape index (κ2) is 8.10. The third kappa shape index (κ3) is 4.61. The summed E-state index contributed by atoms with van der Waals surface area (Å²) < 4.78 is 4.72. The number of nitrogens with zero attached hydrogens (tertiary/aromatic N) is 1. The molecule has 0 radical (unpaired) electrons. The zero-order valence-electron chi connectivity index (χ0n) is 10.4. The molecule has 1 amide bonds. The van der Waals surface area contributed by atoms with Gasteiger partial charge in [-0.05, 0) is 19.8 Å². The lowest BCUT2D eigenvalue weighted by atomic mass is 10.2. The zero-order chi connectivity index (χ0) is 12.6. The normalized spacial score (nSPS) is 12.0. The Hall–Kier alpha value is -1.10. The van der Waals surface area contributed by atoms with E-state index < -0.39 is 12.0 Å². The van der Waals surface area contributed by atoms with Gasteiger partial charge in [0, 0.05) is 13.1 Å².